The molecule has 0 unspecified atom stereocenters. The second kappa shape index (κ2) is 4.45. The largest absolute Gasteiger partial charge is 0.438 e. The number of rotatable bonds is 2. The molecule has 2 aromatic rings. The van der Waals surface area contributed by atoms with Crippen LogP contribution in [0.4, 0.5) is 4.39 Å². The zero-order valence-electron chi connectivity index (χ0n) is 8.45. The van der Waals surface area contributed by atoms with Gasteiger partial charge in [0.05, 0.1) is 0 Å². The van der Waals surface area contributed by atoms with Crippen LogP contribution in [0.25, 0.3) is 0 Å². The van der Waals surface area contributed by atoms with Crippen LogP contribution in [-0.4, -0.2) is 9.97 Å². The molecule has 16 heavy (non-hydrogen) atoms. The van der Waals surface area contributed by atoms with Crippen molar-refractivity contribution in [2.75, 3.05) is 0 Å². The summed E-state index contributed by atoms with van der Waals surface area (Å²) in [6, 6.07) is 5.76. The molecule has 0 aliphatic heterocycles. The lowest BCUT2D eigenvalue weighted by atomic mass is 10.2. The predicted octanol–water partition coefficient (Wildman–Crippen LogP) is 3.37. The predicted molar refractivity (Wildman–Crippen MR) is 58.3 cm³/mol. The van der Waals surface area contributed by atoms with Gasteiger partial charge in [0.25, 0.3) is 0 Å². The first-order chi connectivity index (χ1) is 7.65. The second-order valence-corrected chi connectivity index (χ2v) is 3.58. The van der Waals surface area contributed by atoms with Crippen LogP contribution in [0.15, 0.2) is 30.6 Å². The van der Waals surface area contributed by atoms with Crippen LogP contribution in [0.2, 0.25) is 5.15 Å². The van der Waals surface area contributed by atoms with E-state index in [1.807, 2.05) is 6.92 Å². The molecule has 0 aliphatic rings. The monoisotopic (exact) mass is 238 g/mol. The van der Waals surface area contributed by atoms with E-state index in [9.17, 15) is 4.39 Å². The smallest absolute Gasteiger partial charge is 0.223 e. The standard InChI is InChI=1S/C11H8ClFN2O/c1-7-2-3-8(13)4-9(7)16-11-5-10(12)14-6-15-11/h2-6H,1H3. The van der Waals surface area contributed by atoms with Crippen LogP contribution in [0.5, 0.6) is 11.6 Å². The third-order valence-electron chi connectivity index (χ3n) is 1.97. The number of hydrogen-bond acceptors (Lipinski definition) is 3. The molecular weight excluding hydrogens is 231 g/mol. The van der Waals surface area contributed by atoms with Gasteiger partial charge in [-0.3, -0.25) is 0 Å². The minimum absolute atomic E-state index is 0.277. The molecule has 0 atom stereocenters. The van der Waals surface area contributed by atoms with Crippen LogP contribution in [0, 0.1) is 12.7 Å². The van der Waals surface area contributed by atoms with E-state index in [4.69, 9.17) is 16.3 Å². The van der Waals surface area contributed by atoms with Crippen LogP contribution in [0.3, 0.4) is 0 Å². The lowest BCUT2D eigenvalue weighted by Crippen LogP contribution is -1.91. The number of ether oxygens (including phenoxy) is 1. The molecule has 5 heteroatoms. The van der Waals surface area contributed by atoms with Gasteiger partial charge in [-0.05, 0) is 18.6 Å². The summed E-state index contributed by atoms with van der Waals surface area (Å²) in [5.74, 6) is 0.337. The number of nitrogens with zero attached hydrogens (tertiary/aromatic N) is 2. The van der Waals surface area contributed by atoms with E-state index in [2.05, 4.69) is 9.97 Å². The fraction of sp³-hybridized carbons (Fsp3) is 0.0909. The van der Waals surface area contributed by atoms with E-state index in [-0.39, 0.29) is 16.9 Å². The normalized spacial score (nSPS) is 10.2. The molecule has 1 aromatic carbocycles. The number of aryl methyl sites for hydroxylation is 1. The topological polar surface area (TPSA) is 35.0 Å². The van der Waals surface area contributed by atoms with Gasteiger partial charge in [0, 0.05) is 12.1 Å². The Hall–Kier alpha value is -1.68. The van der Waals surface area contributed by atoms with Crippen LogP contribution in [0.1, 0.15) is 5.56 Å². The number of hydrogen-bond donors (Lipinski definition) is 0. The summed E-state index contributed by atoms with van der Waals surface area (Å²) in [5.41, 5.74) is 0.816. The third kappa shape index (κ3) is 2.46. The first kappa shape index (κ1) is 10.8. The molecule has 0 radical (unpaired) electrons. The van der Waals surface area contributed by atoms with Gasteiger partial charge >= 0.3 is 0 Å². The van der Waals surface area contributed by atoms with Gasteiger partial charge in [0.1, 0.15) is 23.0 Å². The molecule has 0 saturated heterocycles. The van der Waals surface area contributed by atoms with E-state index in [0.29, 0.717) is 5.75 Å². The van der Waals surface area contributed by atoms with Gasteiger partial charge in [0.2, 0.25) is 5.88 Å². The van der Waals surface area contributed by atoms with Crippen LogP contribution in [-0.2, 0) is 0 Å². The summed E-state index contributed by atoms with van der Waals surface area (Å²) >= 11 is 5.68. The van der Waals surface area contributed by atoms with Gasteiger partial charge in [-0.25, -0.2) is 14.4 Å². The van der Waals surface area contributed by atoms with Gasteiger partial charge < -0.3 is 4.74 Å². The average Bonchev–Trinajstić information content (AvgIpc) is 2.24. The van der Waals surface area contributed by atoms with Crippen molar-refractivity contribution in [2.24, 2.45) is 0 Å². The van der Waals surface area contributed by atoms with E-state index >= 15 is 0 Å². The number of halogens is 2. The Kier molecular flexibility index (Phi) is 3.01. The van der Waals surface area contributed by atoms with E-state index < -0.39 is 0 Å². The van der Waals surface area contributed by atoms with Gasteiger partial charge in [-0.1, -0.05) is 17.7 Å². The maximum absolute atomic E-state index is 13.0. The van der Waals surface area contributed by atoms with Crippen molar-refractivity contribution in [2.45, 2.75) is 6.92 Å². The quantitative estimate of drug-likeness (QED) is 0.753. The Morgan fingerprint density at radius 3 is 2.81 bits per heavy atom. The van der Waals surface area contributed by atoms with Crippen molar-refractivity contribution >= 4 is 11.6 Å². The Bertz CT molecular complexity index is 519. The highest BCUT2D eigenvalue weighted by Crippen LogP contribution is 2.24. The second-order valence-electron chi connectivity index (χ2n) is 3.19. The molecule has 0 N–H and O–H groups in total. The molecule has 82 valence electrons. The Morgan fingerprint density at radius 1 is 1.25 bits per heavy atom. The fourth-order valence-corrected chi connectivity index (χ4v) is 1.31. The minimum Gasteiger partial charge on any atom is -0.438 e. The highest BCUT2D eigenvalue weighted by atomic mass is 35.5. The average molecular weight is 239 g/mol. The number of benzene rings is 1. The molecule has 0 amide bonds. The summed E-state index contributed by atoms with van der Waals surface area (Å²) < 4.78 is 18.4. The highest BCUT2D eigenvalue weighted by molar-refractivity contribution is 6.29. The zero-order chi connectivity index (χ0) is 11.5. The molecular formula is C11H8ClFN2O. The molecule has 0 saturated carbocycles. The summed E-state index contributed by atoms with van der Waals surface area (Å²) in [6.45, 7) is 1.82. The van der Waals surface area contributed by atoms with E-state index in [1.54, 1.807) is 6.07 Å². The molecule has 1 aromatic heterocycles. The molecule has 1 heterocycles. The molecule has 0 bridgehead atoms. The van der Waals surface area contributed by atoms with E-state index in [1.165, 1.54) is 24.5 Å². The maximum Gasteiger partial charge on any atom is 0.223 e. The lowest BCUT2D eigenvalue weighted by Gasteiger charge is -2.07. The summed E-state index contributed by atoms with van der Waals surface area (Å²) in [6.07, 6.45) is 1.28. The van der Waals surface area contributed by atoms with Gasteiger partial charge in [-0.2, -0.15) is 0 Å². The molecule has 0 spiro atoms. The molecule has 3 nitrogen and oxygen atoms in total. The van der Waals surface area contributed by atoms with Gasteiger partial charge in [0.15, 0.2) is 0 Å². The minimum atomic E-state index is -0.360. The van der Waals surface area contributed by atoms with Crippen LogP contribution >= 0.6 is 11.6 Å². The van der Waals surface area contributed by atoms with Crippen molar-refractivity contribution in [3.63, 3.8) is 0 Å². The Balaban J connectivity index is 2.30. The Labute approximate surface area is 96.9 Å². The lowest BCUT2D eigenvalue weighted by molar-refractivity contribution is 0.453. The van der Waals surface area contributed by atoms with Gasteiger partial charge in [-0.15, -0.1) is 0 Å². The van der Waals surface area contributed by atoms with Crippen molar-refractivity contribution in [1.29, 1.82) is 0 Å². The van der Waals surface area contributed by atoms with Crippen LogP contribution < -0.4 is 4.74 Å². The maximum atomic E-state index is 13.0. The molecule has 0 fully saturated rings. The SMILES string of the molecule is Cc1ccc(F)cc1Oc1cc(Cl)ncn1. The van der Waals surface area contributed by atoms with Crippen molar-refractivity contribution in [3.05, 3.63) is 47.1 Å². The van der Waals surface area contributed by atoms with Crippen molar-refractivity contribution in [1.82, 2.24) is 9.97 Å². The molecule has 0 aliphatic carbocycles. The first-order valence-corrected chi connectivity index (χ1v) is 4.94. The third-order valence-corrected chi connectivity index (χ3v) is 2.18. The fourth-order valence-electron chi connectivity index (χ4n) is 1.17. The summed E-state index contributed by atoms with van der Waals surface area (Å²) in [4.78, 5) is 7.59. The summed E-state index contributed by atoms with van der Waals surface area (Å²) in [5, 5.41) is 0.277. The highest BCUT2D eigenvalue weighted by Gasteiger charge is 2.04. The first-order valence-electron chi connectivity index (χ1n) is 4.57. The van der Waals surface area contributed by atoms with E-state index in [0.717, 1.165) is 5.56 Å². The summed E-state index contributed by atoms with van der Waals surface area (Å²) in [7, 11) is 0. The van der Waals surface area contributed by atoms with Crippen molar-refractivity contribution in [3.8, 4) is 11.6 Å². The molecule has 2 rings (SSSR count). The number of aromatic nitrogens is 2. The zero-order valence-corrected chi connectivity index (χ0v) is 9.20. The Morgan fingerprint density at radius 2 is 2.06 bits per heavy atom. The van der Waals surface area contributed by atoms with Crippen molar-refractivity contribution < 1.29 is 9.13 Å².